The Hall–Kier alpha value is -1.73. The summed E-state index contributed by atoms with van der Waals surface area (Å²) in [6.07, 6.45) is 1.98. The second-order valence-electron chi connectivity index (χ2n) is 5.34. The van der Waals surface area contributed by atoms with Gasteiger partial charge in [0.15, 0.2) is 0 Å². The fourth-order valence-corrected chi connectivity index (χ4v) is 2.92. The zero-order valence-electron chi connectivity index (χ0n) is 12.2. The molecule has 0 aliphatic rings. The van der Waals surface area contributed by atoms with Gasteiger partial charge in [0, 0.05) is 16.7 Å². The van der Waals surface area contributed by atoms with Crippen LogP contribution in [0.25, 0.3) is 21.5 Å². The molecule has 3 aromatic carbocycles. The monoisotopic (exact) mass is 298 g/mol. The van der Waals surface area contributed by atoms with Gasteiger partial charge in [-0.2, -0.15) is 0 Å². The van der Waals surface area contributed by atoms with E-state index in [1.165, 1.54) is 27.1 Å². The summed E-state index contributed by atoms with van der Waals surface area (Å²) in [5.41, 5.74) is 1.28. The van der Waals surface area contributed by atoms with Crippen molar-refractivity contribution in [2.24, 2.45) is 0 Å². The van der Waals surface area contributed by atoms with E-state index in [1.54, 1.807) is 0 Å². The molecule has 0 N–H and O–H groups in total. The van der Waals surface area contributed by atoms with Gasteiger partial charge in [-0.15, -0.1) is 11.6 Å². The van der Waals surface area contributed by atoms with Crippen LogP contribution in [-0.4, -0.2) is 12.5 Å². The van der Waals surface area contributed by atoms with E-state index in [9.17, 15) is 0 Å². The summed E-state index contributed by atoms with van der Waals surface area (Å²) in [6.45, 7) is 2.86. The number of ether oxygens (including phenoxy) is 1. The summed E-state index contributed by atoms with van der Waals surface area (Å²) in [4.78, 5) is 0. The molecule has 0 aliphatic carbocycles. The van der Waals surface area contributed by atoms with Crippen LogP contribution in [-0.2, 0) is 0 Å². The number of alkyl halides is 1. The number of unbranched alkanes of at least 4 members (excludes halogenated alkanes) is 1. The summed E-state index contributed by atoms with van der Waals surface area (Å²) >= 11 is 5.74. The summed E-state index contributed by atoms with van der Waals surface area (Å²) in [7, 11) is 0. The maximum atomic E-state index is 6.13. The fraction of sp³-hybridized carbons (Fsp3) is 0.263. The molecule has 3 rings (SSSR count). The minimum atomic E-state index is 0.693. The summed E-state index contributed by atoms with van der Waals surface area (Å²) in [5, 5.41) is 4.87. The molecule has 0 fully saturated rings. The summed E-state index contributed by atoms with van der Waals surface area (Å²) in [5.74, 6) is 1.69. The Kier molecular flexibility index (Phi) is 4.31. The standard InChI is InChI=1S/C19H19ClO/c1-14-7-6-10-17-18(14)13-15-8-2-3-9-16(15)19(17)21-12-5-4-11-20/h2-3,6-10,13H,4-5,11-12H2,1H3. The van der Waals surface area contributed by atoms with Gasteiger partial charge in [-0.05, 0) is 42.2 Å². The molecule has 108 valence electrons. The van der Waals surface area contributed by atoms with Crippen molar-refractivity contribution in [2.45, 2.75) is 19.8 Å². The number of fused-ring (bicyclic) bond motifs is 2. The van der Waals surface area contributed by atoms with Crippen molar-refractivity contribution in [3.63, 3.8) is 0 Å². The van der Waals surface area contributed by atoms with Crippen molar-refractivity contribution in [1.82, 2.24) is 0 Å². The van der Waals surface area contributed by atoms with E-state index in [0.717, 1.165) is 18.6 Å². The molecule has 0 amide bonds. The fourth-order valence-electron chi connectivity index (χ4n) is 2.73. The van der Waals surface area contributed by atoms with Crippen LogP contribution >= 0.6 is 11.6 Å². The highest BCUT2D eigenvalue weighted by atomic mass is 35.5. The lowest BCUT2D eigenvalue weighted by Gasteiger charge is -2.14. The number of halogens is 1. The van der Waals surface area contributed by atoms with Crippen LogP contribution in [0.1, 0.15) is 18.4 Å². The molecule has 1 nitrogen and oxygen atoms in total. The van der Waals surface area contributed by atoms with Crippen LogP contribution in [0.4, 0.5) is 0 Å². The molecule has 3 aromatic rings. The van der Waals surface area contributed by atoms with Crippen molar-refractivity contribution in [3.8, 4) is 5.75 Å². The van der Waals surface area contributed by atoms with E-state index in [-0.39, 0.29) is 0 Å². The third kappa shape index (κ3) is 2.84. The van der Waals surface area contributed by atoms with Crippen LogP contribution in [0.2, 0.25) is 0 Å². The Morgan fingerprint density at radius 2 is 1.71 bits per heavy atom. The molecule has 0 aromatic heterocycles. The minimum absolute atomic E-state index is 0.693. The van der Waals surface area contributed by atoms with E-state index in [2.05, 4.69) is 55.5 Å². The summed E-state index contributed by atoms with van der Waals surface area (Å²) < 4.78 is 6.13. The predicted molar refractivity (Wildman–Crippen MR) is 91.6 cm³/mol. The molecule has 21 heavy (non-hydrogen) atoms. The van der Waals surface area contributed by atoms with Gasteiger partial charge in [0.05, 0.1) is 6.61 Å². The Bertz CT molecular complexity index is 764. The molecule has 0 heterocycles. The lowest BCUT2D eigenvalue weighted by atomic mass is 9.99. The molecule has 0 atom stereocenters. The van der Waals surface area contributed by atoms with E-state index in [0.29, 0.717) is 12.5 Å². The molecular formula is C19H19ClO. The molecule has 0 unspecified atom stereocenters. The Labute approximate surface area is 130 Å². The average Bonchev–Trinajstić information content (AvgIpc) is 2.51. The summed E-state index contributed by atoms with van der Waals surface area (Å²) in [6, 6.07) is 17.1. The number of hydrogen-bond donors (Lipinski definition) is 0. The zero-order valence-corrected chi connectivity index (χ0v) is 13.0. The van der Waals surface area contributed by atoms with Gasteiger partial charge in [0.25, 0.3) is 0 Å². The Balaban J connectivity index is 2.13. The average molecular weight is 299 g/mol. The zero-order chi connectivity index (χ0) is 14.7. The first-order valence-corrected chi connectivity index (χ1v) is 7.94. The highest BCUT2D eigenvalue weighted by Crippen LogP contribution is 2.36. The lowest BCUT2D eigenvalue weighted by Crippen LogP contribution is -1.99. The first-order valence-electron chi connectivity index (χ1n) is 7.41. The van der Waals surface area contributed by atoms with Crippen molar-refractivity contribution in [2.75, 3.05) is 12.5 Å². The maximum Gasteiger partial charge on any atom is 0.134 e. The van der Waals surface area contributed by atoms with E-state index >= 15 is 0 Å². The van der Waals surface area contributed by atoms with E-state index in [1.807, 2.05) is 0 Å². The second-order valence-corrected chi connectivity index (χ2v) is 5.72. The molecule has 0 saturated carbocycles. The van der Waals surface area contributed by atoms with Crippen molar-refractivity contribution < 1.29 is 4.74 Å². The molecule has 0 bridgehead atoms. The second kappa shape index (κ2) is 6.36. The van der Waals surface area contributed by atoms with Gasteiger partial charge in [0.2, 0.25) is 0 Å². The minimum Gasteiger partial charge on any atom is -0.492 e. The van der Waals surface area contributed by atoms with E-state index in [4.69, 9.17) is 16.3 Å². The highest BCUT2D eigenvalue weighted by Gasteiger charge is 2.09. The topological polar surface area (TPSA) is 9.23 Å². The van der Waals surface area contributed by atoms with Crippen LogP contribution in [0.3, 0.4) is 0 Å². The van der Waals surface area contributed by atoms with Crippen LogP contribution in [0, 0.1) is 6.92 Å². The SMILES string of the molecule is Cc1cccc2c(OCCCCCl)c3ccccc3cc12. The molecular weight excluding hydrogens is 280 g/mol. The molecule has 0 radical (unpaired) electrons. The Morgan fingerprint density at radius 3 is 2.57 bits per heavy atom. The number of benzene rings is 3. The maximum absolute atomic E-state index is 6.13. The molecule has 0 aliphatic heterocycles. The third-order valence-corrected chi connectivity index (χ3v) is 4.12. The first kappa shape index (κ1) is 14.2. The largest absolute Gasteiger partial charge is 0.492 e. The van der Waals surface area contributed by atoms with Crippen molar-refractivity contribution in [1.29, 1.82) is 0 Å². The number of rotatable bonds is 5. The molecule has 0 spiro atoms. The first-order chi connectivity index (χ1) is 10.3. The van der Waals surface area contributed by atoms with Crippen LogP contribution in [0.15, 0.2) is 48.5 Å². The van der Waals surface area contributed by atoms with Gasteiger partial charge in [-0.3, -0.25) is 0 Å². The van der Waals surface area contributed by atoms with Gasteiger partial charge in [-0.25, -0.2) is 0 Å². The molecule has 2 heteroatoms. The van der Waals surface area contributed by atoms with Crippen LogP contribution < -0.4 is 4.74 Å². The van der Waals surface area contributed by atoms with Gasteiger partial charge in [-0.1, -0.05) is 42.5 Å². The smallest absolute Gasteiger partial charge is 0.134 e. The predicted octanol–water partition coefficient (Wildman–Crippen LogP) is 5.70. The highest BCUT2D eigenvalue weighted by molar-refractivity contribution is 6.17. The van der Waals surface area contributed by atoms with Gasteiger partial charge in [0.1, 0.15) is 5.75 Å². The normalized spacial score (nSPS) is 11.1. The lowest BCUT2D eigenvalue weighted by molar-refractivity contribution is 0.317. The quantitative estimate of drug-likeness (QED) is 0.333. The third-order valence-electron chi connectivity index (χ3n) is 3.85. The van der Waals surface area contributed by atoms with Crippen LogP contribution in [0.5, 0.6) is 5.75 Å². The van der Waals surface area contributed by atoms with E-state index < -0.39 is 0 Å². The van der Waals surface area contributed by atoms with Crippen molar-refractivity contribution in [3.05, 3.63) is 54.1 Å². The Morgan fingerprint density at radius 1 is 0.905 bits per heavy atom. The van der Waals surface area contributed by atoms with Gasteiger partial charge >= 0.3 is 0 Å². The number of hydrogen-bond acceptors (Lipinski definition) is 1. The van der Waals surface area contributed by atoms with Gasteiger partial charge < -0.3 is 4.74 Å². The number of aryl methyl sites for hydroxylation is 1. The van der Waals surface area contributed by atoms with Crippen molar-refractivity contribution >= 4 is 33.1 Å². The molecule has 0 saturated heterocycles.